The Morgan fingerprint density at radius 1 is 1.11 bits per heavy atom. The number of ether oxygens (including phenoxy) is 1. The van der Waals surface area contributed by atoms with Crippen LogP contribution in [0.3, 0.4) is 0 Å². The maximum atomic E-state index is 6.06. The van der Waals surface area contributed by atoms with Crippen molar-refractivity contribution in [2.75, 3.05) is 5.73 Å². The highest BCUT2D eigenvalue weighted by atomic mass is 35.5. The lowest BCUT2D eigenvalue weighted by Gasteiger charge is -2.11. The second kappa shape index (κ2) is 5.51. The summed E-state index contributed by atoms with van der Waals surface area (Å²) in [7, 11) is 0. The van der Waals surface area contributed by atoms with Crippen molar-refractivity contribution in [3.05, 3.63) is 57.6 Å². The lowest BCUT2D eigenvalue weighted by atomic mass is 10.2. The zero-order chi connectivity index (χ0) is 13.1. The van der Waals surface area contributed by atoms with Crippen molar-refractivity contribution >= 4 is 28.9 Å². The smallest absolute Gasteiger partial charge is 0.142 e. The molecule has 94 valence electrons. The van der Waals surface area contributed by atoms with Gasteiger partial charge in [0.1, 0.15) is 12.4 Å². The number of aryl methyl sites for hydroxylation is 1. The van der Waals surface area contributed by atoms with Gasteiger partial charge in [-0.25, -0.2) is 0 Å². The Kier molecular flexibility index (Phi) is 4.00. The molecule has 0 unspecified atom stereocenters. The zero-order valence-electron chi connectivity index (χ0n) is 9.91. The van der Waals surface area contributed by atoms with E-state index in [-0.39, 0.29) is 0 Å². The van der Waals surface area contributed by atoms with Gasteiger partial charge in [0.25, 0.3) is 0 Å². The zero-order valence-corrected chi connectivity index (χ0v) is 11.4. The van der Waals surface area contributed by atoms with Gasteiger partial charge >= 0.3 is 0 Å². The van der Waals surface area contributed by atoms with Crippen LogP contribution < -0.4 is 10.5 Å². The number of anilines is 1. The Bertz CT molecular complexity index is 518. The van der Waals surface area contributed by atoms with Crippen molar-refractivity contribution in [2.45, 2.75) is 13.5 Å². The van der Waals surface area contributed by atoms with Gasteiger partial charge in [0.2, 0.25) is 0 Å². The molecular formula is C14H13Cl2NO. The molecule has 2 N–H and O–H groups in total. The van der Waals surface area contributed by atoms with Crippen LogP contribution in [0.4, 0.5) is 5.69 Å². The third kappa shape index (κ3) is 3.09. The summed E-state index contributed by atoms with van der Waals surface area (Å²) < 4.78 is 5.67. The average Bonchev–Trinajstić information content (AvgIpc) is 2.34. The van der Waals surface area contributed by atoms with Gasteiger partial charge in [-0.05, 0) is 42.8 Å². The highest BCUT2D eigenvalue weighted by Crippen LogP contribution is 2.26. The standard InChI is InChI=1S/C14H13Cl2NO/c1-9-2-5-13(17)14(6-9)18-8-10-7-11(15)3-4-12(10)16/h2-7H,8,17H2,1H3. The van der Waals surface area contributed by atoms with Crippen LogP contribution in [0.2, 0.25) is 10.0 Å². The van der Waals surface area contributed by atoms with Crippen molar-refractivity contribution in [1.82, 2.24) is 0 Å². The number of halogens is 2. The minimum Gasteiger partial charge on any atom is -0.487 e. The van der Waals surface area contributed by atoms with Gasteiger partial charge < -0.3 is 10.5 Å². The van der Waals surface area contributed by atoms with E-state index in [1.54, 1.807) is 18.2 Å². The van der Waals surface area contributed by atoms with E-state index in [1.807, 2.05) is 25.1 Å². The van der Waals surface area contributed by atoms with Crippen LogP contribution >= 0.6 is 23.2 Å². The molecule has 0 bridgehead atoms. The Morgan fingerprint density at radius 2 is 1.89 bits per heavy atom. The lowest BCUT2D eigenvalue weighted by molar-refractivity contribution is 0.308. The molecule has 18 heavy (non-hydrogen) atoms. The molecule has 2 aromatic carbocycles. The predicted octanol–water partition coefficient (Wildman–Crippen LogP) is 4.46. The average molecular weight is 282 g/mol. The van der Waals surface area contributed by atoms with Crippen LogP contribution in [-0.4, -0.2) is 0 Å². The normalized spacial score (nSPS) is 10.4. The van der Waals surface area contributed by atoms with E-state index in [0.717, 1.165) is 11.1 Å². The fourth-order valence-electron chi connectivity index (χ4n) is 1.58. The molecule has 2 aromatic rings. The number of rotatable bonds is 3. The maximum Gasteiger partial charge on any atom is 0.142 e. The van der Waals surface area contributed by atoms with Gasteiger partial charge in [-0.15, -0.1) is 0 Å². The Balaban J connectivity index is 2.16. The largest absolute Gasteiger partial charge is 0.487 e. The molecule has 0 aromatic heterocycles. The fourth-order valence-corrected chi connectivity index (χ4v) is 1.94. The van der Waals surface area contributed by atoms with Crippen molar-refractivity contribution in [3.8, 4) is 5.75 Å². The van der Waals surface area contributed by atoms with Crippen LogP contribution in [0.25, 0.3) is 0 Å². The van der Waals surface area contributed by atoms with Gasteiger partial charge in [-0.2, -0.15) is 0 Å². The van der Waals surface area contributed by atoms with Crippen molar-refractivity contribution in [2.24, 2.45) is 0 Å². The van der Waals surface area contributed by atoms with E-state index in [2.05, 4.69) is 0 Å². The number of hydrogen-bond donors (Lipinski definition) is 1. The second-order valence-corrected chi connectivity index (χ2v) is 4.91. The quantitative estimate of drug-likeness (QED) is 0.843. The summed E-state index contributed by atoms with van der Waals surface area (Å²) in [6.45, 7) is 2.33. The molecular weight excluding hydrogens is 269 g/mol. The van der Waals surface area contributed by atoms with Crippen molar-refractivity contribution < 1.29 is 4.74 Å². The van der Waals surface area contributed by atoms with Crippen LogP contribution in [0.5, 0.6) is 5.75 Å². The molecule has 4 heteroatoms. The molecule has 0 atom stereocenters. The molecule has 0 aliphatic heterocycles. The van der Waals surface area contributed by atoms with Crippen molar-refractivity contribution in [3.63, 3.8) is 0 Å². The van der Waals surface area contributed by atoms with E-state index >= 15 is 0 Å². The summed E-state index contributed by atoms with van der Waals surface area (Å²) in [6.07, 6.45) is 0. The molecule has 0 aliphatic rings. The van der Waals surface area contributed by atoms with E-state index in [4.69, 9.17) is 33.7 Å². The van der Waals surface area contributed by atoms with E-state index in [1.165, 1.54) is 0 Å². The van der Waals surface area contributed by atoms with Gasteiger partial charge in [0.15, 0.2) is 0 Å². The van der Waals surface area contributed by atoms with Crippen LogP contribution in [0.1, 0.15) is 11.1 Å². The molecule has 2 nitrogen and oxygen atoms in total. The third-order valence-corrected chi connectivity index (χ3v) is 3.16. The molecule has 0 heterocycles. The minimum absolute atomic E-state index is 0.340. The monoisotopic (exact) mass is 281 g/mol. The second-order valence-electron chi connectivity index (χ2n) is 4.07. The van der Waals surface area contributed by atoms with Gasteiger partial charge in [-0.3, -0.25) is 0 Å². The first-order chi connectivity index (χ1) is 8.56. The Hall–Kier alpha value is -1.38. The third-order valence-electron chi connectivity index (χ3n) is 2.56. The van der Waals surface area contributed by atoms with E-state index in [0.29, 0.717) is 28.1 Å². The summed E-state index contributed by atoms with van der Waals surface area (Å²) in [5, 5.41) is 1.26. The first-order valence-electron chi connectivity index (χ1n) is 5.49. The maximum absolute atomic E-state index is 6.06. The van der Waals surface area contributed by atoms with Crippen LogP contribution in [0.15, 0.2) is 36.4 Å². The summed E-state index contributed by atoms with van der Waals surface area (Å²) in [6, 6.07) is 10.9. The lowest BCUT2D eigenvalue weighted by Crippen LogP contribution is -1.99. The first-order valence-corrected chi connectivity index (χ1v) is 6.24. The summed E-state index contributed by atoms with van der Waals surface area (Å²) >= 11 is 12.0. The number of hydrogen-bond acceptors (Lipinski definition) is 2. The van der Waals surface area contributed by atoms with Crippen LogP contribution in [-0.2, 0) is 6.61 Å². The highest BCUT2D eigenvalue weighted by Gasteiger charge is 2.05. The molecule has 0 radical (unpaired) electrons. The van der Waals surface area contributed by atoms with E-state index in [9.17, 15) is 0 Å². The number of benzene rings is 2. The van der Waals surface area contributed by atoms with E-state index < -0.39 is 0 Å². The highest BCUT2D eigenvalue weighted by molar-refractivity contribution is 6.33. The SMILES string of the molecule is Cc1ccc(N)c(OCc2cc(Cl)ccc2Cl)c1. The van der Waals surface area contributed by atoms with Crippen LogP contribution in [0, 0.1) is 6.92 Å². The number of nitrogens with two attached hydrogens (primary N) is 1. The molecule has 0 saturated heterocycles. The predicted molar refractivity (Wildman–Crippen MR) is 76.4 cm³/mol. The van der Waals surface area contributed by atoms with Gasteiger partial charge in [0.05, 0.1) is 5.69 Å². The molecule has 0 spiro atoms. The fraction of sp³-hybridized carbons (Fsp3) is 0.143. The van der Waals surface area contributed by atoms with Gasteiger partial charge in [-0.1, -0.05) is 29.3 Å². The molecule has 2 rings (SSSR count). The Labute approximate surface area is 116 Å². The van der Waals surface area contributed by atoms with Gasteiger partial charge in [0, 0.05) is 15.6 Å². The molecule has 0 saturated carbocycles. The summed E-state index contributed by atoms with van der Waals surface area (Å²) in [4.78, 5) is 0. The summed E-state index contributed by atoms with van der Waals surface area (Å²) in [5.41, 5.74) is 8.38. The van der Waals surface area contributed by atoms with Crippen molar-refractivity contribution in [1.29, 1.82) is 0 Å². The molecule has 0 amide bonds. The summed E-state index contributed by atoms with van der Waals surface area (Å²) in [5.74, 6) is 0.658. The molecule has 0 fully saturated rings. The number of nitrogen functional groups attached to an aromatic ring is 1. The minimum atomic E-state index is 0.340. The molecule has 0 aliphatic carbocycles. The first kappa shape index (κ1) is 13.1. The Morgan fingerprint density at radius 3 is 2.67 bits per heavy atom. The topological polar surface area (TPSA) is 35.2 Å².